The molecule has 0 unspecified atom stereocenters. The van der Waals surface area contributed by atoms with Gasteiger partial charge in [-0.3, -0.25) is 0 Å². The topological polar surface area (TPSA) is 135 Å². The Labute approximate surface area is 197 Å². The van der Waals surface area contributed by atoms with Gasteiger partial charge in [0, 0.05) is 23.5 Å². The smallest absolute Gasteiger partial charge is 0.331 e. The van der Waals surface area contributed by atoms with Gasteiger partial charge in [-0.2, -0.15) is 0 Å². The number of carbonyl (C=O) groups excluding carboxylic acids is 4. The van der Waals surface area contributed by atoms with Crippen molar-refractivity contribution in [1.29, 1.82) is 0 Å². The standard InChI is InChI=1S/C24H28N4O6/c1-17(25-23(31)27-19-9-5-3-6-10-19)15-33-21(29)13-14-22(30)34-16-18(2)26-24(32)28-20-11-7-4-8-12-20/h3-14,17-18H,15-16H2,1-2H3,(H2,25,27,31)(H2,26,28,32)/b14-13+/t17-,18-/m0/s1. The zero-order valence-electron chi connectivity index (χ0n) is 18.9. The molecule has 10 heteroatoms. The molecule has 0 aliphatic carbocycles. The van der Waals surface area contributed by atoms with Gasteiger partial charge in [0.1, 0.15) is 13.2 Å². The fourth-order valence-electron chi connectivity index (χ4n) is 2.55. The number of ether oxygens (including phenoxy) is 2. The van der Waals surface area contributed by atoms with Crippen LogP contribution in [-0.2, 0) is 19.1 Å². The van der Waals surface area contributed by atoms with Crippen LogP contribution in [0.3, 0.4) is 0 Å². The molecular weight excluding hydrogens is 440 g/mol. The molecule has 0 bridgehead atoms. The molecule has 0 radical (unpaired) electrons. The van der Waals surface area contributed by atoms with Crippen molar-refractivity contribution in [3.63, 3.8) is 0 Å². The van der Waals surface area contributed by atoms with Crippen LogP contribution in [0.15, 0.2) is 72.8 Å². The van der Waals surface area contributed by atoms with Crippen molar-refractivity contribution in [2.24, 2.45) is 0 Å². The summed E-state index contributed by atoms with van der Waals surface area (Å²) >= 11 is 0. The molecule has 4 amide bonds. The number of carbonyl (C=O) groups is 4. The second kappa shape index (κ2) is 13.9. The summed E-state index contributed by atoms with van der Waals surface area (Å²) < 4.78 is 10.00. The molecule has 0 aliphatic rings. The van der Waals surface area contributed by atoms with Crippen molar-refractivity contribution >= 4 is 35.4 Å². The van der Waals surface area contributed by atoms with E-state index >= 15 is 0 Å². The third kappa shape index (κ3) is 10.8. The van der Waals surface area contributed by atoms with E-state index in [0.717, 1.165) is 12.2 Å². The van der Waals surface area contributed by atoms with Crippen LogP contribution in [0.4, 0.5) is 21.0 Å². The summed E-state index contributed by atoms with van der Waals surface area (Å²) in [7, 11) is 0. The Morgan fingerprint density at radius 1 is 0.676 bits per heavy atom. The summed E-state index contributed by atoms with van der Waals surface area (Å²) in [5, 5.41) is 10.6. The van der Waals surface area contributed by atoms with Gasteiger partial charge in [0.25, 0.3) is 0 Å². The molecule has 2 aromatic carbocycles. The second-order valence-electron chi connectivity index (χ2n) is 7.32. The largest absolute Gasteiger partial charge is 0.460 e. The van der Waals surface area contributed by atoms with E-state index in [1.807, 2.05) is 12.1 Å². The molecule has 2 atom stereocenters. The van der Waals surface area contributed by atoms with E-state index in [0.29, 0.717) is 11.4 Å². The first-order chi connectivity index (χ1) is 16.3. The average molecular weight is 469 g/mol. The minimum absolute atomic E-state index is 0.0854. The molecule has 4 N–H and O–H groups in total. The lowest BCUT2D eigenvalue weighted by atomic mass is 10.3. The van der Waals surface area contributed by atoms with Gasteiger partial charge in [-0.25, -0.2) is 19.2 Å². The average Bonchev–Trinajstić information content (AvgIpc) is 2.81. The number of rotatable bonds is 10. The molecule has 0 saturated carbocycles. The highest BCUT2D eigenvalue weighted by molar-refractivity contribution is 5.92. The second-order valence-corrected chi connectivity index (χ2v) is 7.32. The molecule has 34 heavy (non-hydrogen) atoms. The normalized spacial score (nSPS) is 12.2. The number of benzene rings is 2. The van der Waals surface area contributed by atoms with Gasteiger partial charge in [-0.1, -0.05) is 36.4 Å². The molecule has 0 aliphatic heterocycles. The van der Waals surface area contributed by atoms with Gasteiger partial charge < -0.3 is 30.7 Å². The van der Waals surface area contributed by atoms with Crippen LogP contribution in [0, 0.1) is 0 Å². The Bertz CT molecular complexity index is 902. The molecule has 0 spiro atoms. The quantitative estimate of drug-likeness (QED) is 0.313. The Morgan fingerprint density at radius 2 is 1.03 bits per heavy atom. The van der Waals surface area contributed by atoms with Crippen molar-refractivity contribution in [3.8, 4) is 0 Å². The number of nitrogens with one attached hydrogen (secondary N) is 4. The van der Waals surface area contributed by atoms with E-state index in [4.69, 9.17) is 9.47 Å². The van der Waals surface area contributed by atoms with Gasteiger partial charge >= 0.3 is 24.0 Å². The maximum absolute atomic E-state index is 11.9. The van der Waals surface area contributed by atoms with Gasteiger partial charge in [0.05, 0.1) is 12.1 Å². The molecule has 2 aromatic rings. The maximum Gasteiger partial charge on any atom is 0.331 e. The number of hydrogen-bond donors (Lipinski definition) is 4. The molecular formula is C24H28N4O6. The minimum atomic E-state index is -0.762. The molecule has 0 fully saturated rings. The van der Waals surface area contributed by atoms with Crippen LogP contribution < -0.4 is 21.3 Å². The first kappa shape index (κ1) is 25.9. The number of amides is 4. The molecule has 2 rings (SSSR count). The number of esters is 2. The summed E-state index contributed by atoms with van der Waals surface area (Å²) in [6.07, 6.45) is 1.86. The van der Waals surface area contributed by atoms with E-state index in [1.165, 1.54) is 0 Å². The fourth-order valence-corrected chi connectivity index (χ4v) is 2.55. The van der Waals surface area contributed by atoms with Gasteiger partial charge in [0.15, 0.2) is 0 Å². The van der Waals surface area contributed by atoms with Crippen LogP contribution >= 0.6 is 0 Å². The van der Waals surface area contributed by atoms with Crippen LogP contribution in [0.5, 0.6) is 0 Å². The maximum atomic E-state index is 11.9. The molecule has 0 aromatic heterocycles. The van der Waals surface area contributed by atoms with E-state index in [1.54, 1.807) is 62.4 Å². The summed E-state index contributed by atoms with van der Waals surface area (Å²) in [6.45, 7) is 3.16. The van der Waals surface area contributed by atoms with Gasteiger partial charge in [-0.05, 0) is 38.1 Å². The highest BCUT2D eigenvalue weighted by Gasteiger charge is 2.11. The Morgan fingerprint density at radius 3 is 1.38 bits per heavy atom. The summed E-state index contributed by atoms with van der Waals surface area (Å²) in [5.74, 6) is -1.52. The first-order valence-electron chi connectivity index (χ1n) is 10.6. The molecule has 0 heterocycles. The number of anilines is 2. The van der Waals surface area contributed by atoms with E-state index in [2.05, 4.69) is 21.3 Å². The zero-order chi connectivity index (χ0) is 24.8. The zero-order valence-corrected chi connectivity index (χ0v) is 18.9. The molecule has 10 nitrogen and oxygen atoms in total. The third-order valence-electron chi connectivity index (χ3n) is 4.12. The van der Waals surface area contributed by atoms with Gasteiger partial charge in [-0.15, -0.1) is 0 Å². The van der Waals surface area contributed by atoms with Crippen molar-refractivity contribution in [2.75, 3.05) is 23.8 Å². The van der Waals surface area contributed by atoms with E-state index < -0.39 is 36.1 Å². The number of hydrogen-bond acceptors (Lipinski definition) is 6. The van der Waals surface area contributed by atoms with Crippen LogP contribution in [0.1, 0.15) is 13.8 Å². The Balaban J connectivity index is 1.60. The summed E-state index contributed by atoms with van der Waals surface area (Å²) in [5.41, 5.74) is 1.26. The van der Waals surface area contributed by atoms with Crippen LogP contribution in [0.25, 0.3) is 0 Å². The first-order valence-corrected chi connectivity index (χ1v) is 10.6. The third-order valence-corrected chi connectivity index (χ3v) is 4.12. The summed E-state index contributed by atoms with van der Waals surface area (Å²) in [6, 6.07) is 16.0. The highest BCUT2D eigenvalue weighted by Crippen LogP contribution is 2.05. The van der Waals surface area contributed by atoms with Crippen molar-refractivity contribution < 1.29 is 28.7 Å². The Kier molecular flexibility index (Phi) is 10.6. The van der Waals surface area contributed by atoms with E-state index in [9.17, 15) is 19.2 Å². The predicted octanol–water partition coefficient (Wildman–Crippen LogP) is 3.05. The predicted molar refractivity (Wildman–Crippen MR) is 127 cm³/mol. The van der Waals surface area contributed by atoms with E-state index in [-0.39, 0.29) is 13.2 Å². The Hall–Kier alpha value is -4.34. The lowest BCUT2D eigenvalue weighted by molar-refractivity contribution is -0.141. The lowest BCUT2D eigenvalue weighted by Crippen LogP contribution is -2.39. The van der Waals surface area contributed by atoms with Crippen molar-refractivity contribution in [2.45, 2.75) is 25.9 Å². The molecule has 0 saturated heterocycles. The monoisotopic (exact) mass is 468 g/mol. The van der Waals surface area contributed by atoms with Gasteiger partial charge in [0.2, 0.25) is 0 Å². The van der Waals surface area contributed by atoms with Crippen molar-refractivity contribution in [3.05, 3.63) is 72.8 Å². The SMILES string of the molecule is C[C@@H](COC(=O)/C=C/C(=O)OC[C@H](C)NC(=O)Nc1ccccc1)NC(=O)Nc1ccccc1. The lowest BCUT2D eigenvalue weighted by Gasteiger charge is -2.14. The van der Waals surface area contributed by atoms with Crippen LogP contribution in [0.2, 0.25) is 0 Å². The molecule has 180 valence electrons. The highest BCUT2D eigenvalue weighted by atomic mass is 16.5. The number of para-hydroxylation sites is 2. The summed E-state index contributed by atoms with van der Waals surface area (Å²) in [4.78, 5) is 47.4. The number of urea groups is 2. The van der Waals surface area contributed by atoms with Crippen LogP contribution in [-0.4, -0.2) is 49.3 Å². The fraction of sp³-hybridized carbons (Fsp3) is 0.250. The minimum Gasteiger partial charge on any atom is -0.460 e. The van der Waals surface area contributed by atoms with Crippen molar-refractivity contribution in [1.82, 2.24) is 10.6 Å².